The smallest absolute Gasteiger partial charge is 0.193 e. The lowest BCUT2D eigenvalue weighted by atomic mass is 10.0. The van der Waals surface area contributed by atoms with Crippen molar-refractivity contribution in [2.75, 3.05) is 0 Å². The fourth-order valence-corrected chi connectivity index (χ4v) is 2.69. The van der Waals surface area contributed by atoms with E-state index < -0.39 is 5.82 Å². The standard InChI is InChI=1S/C14H11FN2OS/c1-9-2-3-11(12(15)6-9)13(18)7-10-8-17-4-5-19-14(17)16-10/h2-6,8H,7H2,1H3. The Morgan fingerprint density at radius 3 is 3.05 bits per heavy atom. The van der Waals surface area contributed by atoms with Crippen LogP contribution in [0.2, 0.25) is 0 Å². The summed E-state index contributed by atoms with van der Waals surface area (Å²) in [5.41, 5.74) is 1.59. The first-order valence-corrected chi connectivity index (χ1v) is 6.72. The van der Waals surface area contributed by atoms with Gasteiger partial charge in [0.2, 0.25) is 0 Å². The molecule has 2 aromatic heterocycles. The maximum Gasteiger partial charge on any atom is 0.193 e. The molecule has 0 N–H and O–H groups in total. The highest BCUT2D eigenvalue weighted by Crippen LogP contribution is 2.15. The number of aryl methyl sites for hydroxylation is 1. The molecule has 96 valence electrons. The van der Waals surface area contributed by atoms with Crippen molar-refractivity contribution in [2.24, 2.45) is 0 Å². The Labute approximate surface area is 113 Å². The zero-order valence-electron chi connectivity index (χ0n) is 10.3. The molecular formula is C14H11FN2OS. The lowest BCUT2D eigenvalue weighted by molar-refractivity contribution is 0.0988. The molecule has 0 saturated carbocycles. The fraction of sp³-hybridized carbons (Fsp3) is 0.143. The van der Waals surface area contributed by atoms with Crippen LogP contribution < -0.4 is 0 Å². The molecule has 0 amide bonds. The number of hydrogen-bond acceptors (Lipinski definition) is 3. The van der Waals surface area contributed by atoms with Crippen molar-refractivity contribution < 1.29 is 9.18 Å². The Hall–Kier alpha value is -2.01. The van der Waals surface area contributed by atoms with E-state index in [1.165, 1.54) is 23.5 Å². The molecule has 0 fully saturated rings. The van der Waals surface area contributed by atoms with E-state index in [4.69, 9.17) is 0 Å². The Morgan fingerprint density at radius 1 is 1.47 bits per heavy atom. The molecule has 0 aliphatic carbocycles. The molecule has 0 aliphatic heterocycles. The van der Waals surface area contributed by atoms with Gasteiger partial charge in [-0.05, 0) is 24.6 Å². The zero-order chi connectivity index (χ0) is 13.4. The van der Waals surface area contributed by atoms with Crippen LogP contribution in [0.25, 0.3) is 4.96 Å². The number of aromatic nitrogens is 2. The Bertz CT molecular complexity index is 731. The van der Waals surface area contributed by atoms with Crippen LogP contribution in [0.5, 0.6) is 0 Å². The number of benzene rings is 1. The largest absolute Gasteiger partial charge is 0.297 e. The maximum atomic E-state index is 13.7. The number of carbonyl (C=O) groups is 1. The molecule has 3 aromatic rings. The monoisotopic (exact) mass is 274 g/mol. The van der Waals surface area contributed by atoms with Crippen LogP contribution in [-0.2, 0) is 6.42 Å². The summed E-state index contributed by atoms with van der Waals surface area (Å²) in [6.45, 7) is 1.79. The molecule has 3 nitrogen and oxygen atoms in total. The van der Waals surface area contributed by atoms with E-state index in [9.17, 15) is 9.18 Å². The lowest BCUT2D eigenvalue weighted by Crippen LogP contribution is -2.06. The number of carbonyl (C=O) groups excluding carboxylic acids is 1. The van der Waals surface area contributed by atoms with Gasteiger partial charge in [-0.2, -0.15) is 0 Å². The van der Waals surface area contributed by atoms with Crippen molar-refractivity contribution in [2.45, 2.75) is 13.3 Å². The summed E-state index contributed by atoms with van der Waals surface area (Å²) in [5.74, 6) is -0.714. The summed E-state index contributed by atoms with van der Waals surface area (Å²) in [6.07, 6.45) is 3.80. The second-order valence-electron chi connectivity index (χ2n) is 4.41. The molecular weight excluding hydrogens is 263 g/mol. The van der Waals surface area contributed by atoms with Crippen molar-refractivity contribution in [1.82, 2.24) is 9.38 Å². The molecule has 0 saturated heterocycles. The highest BCUT2D eigenvalue weighted by molar-refractivity contribution is 7.15. The van der Waals surface area contributed by atoms with E-state index in [1.54, 1.807) is 19.2 Å². The minimum Gasteiger partial charge on any atom is -0.297 e. The van der Waals surface area contributed by atoms with Crippen molar-refractivity contribution in [3.8, 4) is 0 Å². The van der Waals surface area contributed by atoms with Gasteiger partial charge in [0.15, 0.2) is 10.7 Å². The van der Waals surface area contributed by atoms with Crippen molar-refractivity contribution >= 4 is 22.1 Å². The minimum absolute atomic E-state index is 0.119. The van der Waals surface area contributed by atoms with Gasteiger partial charge in [0, 0.05) is 17.8 Å². The Balaban J connectivity index is 1.86. The summed E-state index contributed by atoms with van der Waals surface area (Å²) >= 11 is 1.50. The molecule has 5 heteroatoms. The fourth-order valence-electron chi connectivity index (χ4n) is 1.97. The number of fused-ring (bicyclic) bond motifs is 1. The summed E-state index contributed by atoms with van der Waals surface area (Å²) in [7, 11) is 0. The molecule has 0 radical (unpaired) electrons. The van der Waals surface area contributed by atoms with Gasteiger partial charge in [-0.1, -0.05) is 6.07 Å². The lowest BCUT2D eigenvalue weighted by Gasteiger charge is -2.02. The summed E-state index contributed by atoms with van der Waals surface area (Å²) in [6, 6.07) is 4.65. The SMILES string of the molecule is Cc1ccc(C(=O)Cc2cn3ccsc3n2)c(F)c1. The van der Waals surface area contributed by atoms with Gasteiger partial charge in [0.05, 0.1) is 17.7 Å². The van der Waals surface area contributed by atoms with Crippen molar-refractivity contribution in [3.63, 3.8) is 0 Å². The summed E-state index contributed by atoms with van der Waals surface area (Å²) in [5, 5.41) is 1.92. The van der Waals surface area contributed by atoms with Crippen LogP contribution in [-0.4, -0.2) is 15.2 Å². The number of Topliss-reactive ketones (excluding diaryl/α,β-unsaturated/α-hetero) is 1. The van der Waals surface area contributed by atoms with Crippen LogP contribution in [0.15, 0.2) is 36.0 Å². The highest BCUT2D eigenvalue weighted by atomic mass is 32.1. The Kier molecular flexibility index (Phi) is 2.91. The third kappa shape index (κ3) is 2.29. The topological polar surface area (TPSA) is 34.4 Å². The van der Waals surface area contributed by atoms with E-state index in [0.29, 0.717) is 5.69 Å². The number of rotatable bonds is 3. The van der Waals surface area contributed by atoms with Crippen LogP contribution in [0.4, 0.5) is 4.39 Å². The second kappa shape index (κ2) is 4.59. The van der Waals surface area contributed by atoms with E-state index in [0.717, 1.165) is 10.5 Å². The van der Waals surface area contributed by atoms with Gasteiger partial charge in [-0.3, -0.25) is 9.20 Å². The normalized spacial score (nSPS) is 11.1. The molecule has 3 rings (SSSR count). The zero-order valence-corrected chi connectivity index (χ0v) is 11.1. The molecule has 0 aliphatic rings. The van der Waals surface area contributed by atoms with Crippen molar-refractivity contribution in [3.05, 3.63) is 58.6 Å². The summed E-state index contributed by atoms with van der Waals surface area (Å²) in [4.78, 5) is 17.2. The number of nitrogens with zero attached hydrogens (tertiary/aromatic N) is 2. The first kappa shape index (κ1) is 12.0. The molecule has 0 spiro atoms. The van der Waals surface area contributed by atoms with Gasteiger partial charge < -0.3 is 0 Å². The van der Waals surface area contributed by atoms with E-state index in [2.05, 4.69) is 4.98 Å². The third-order valence-electron chi connectivity index (χ3n) is 2.91. The van der Waals surface area contributed by atoms with Gasteiger partial charge >= 0.3 is 0 Å². The Morgan fingerprint density at radius 2 is 2.32 bits per heavy atom. The van der Waals surface area contributed by atoms with Gasteiger partial charge in [-0.15, -0.1) is 11.3 Å². The van der Waals surface area contributed by atoms with Crippen LogP contribution in [0.3, 0.4) is 0 Å². The minimum atomic E-state index is -0.467. The highest BCUT2D eigenvalue weighted by Gasteiger charge is 2.14. The molecule has 1 aromatic carbocycles. The number of halogens is 1. The molecule has 0 unspecified atom stereocenters. The van der Waals surface area contributed by atoms with Gasteiger partial charge in [0.25, 0.3) is 0 Å². The van der Waals surface area contributed by atoms with Gasteiger partial charge in [-0.25, -0.2) is 9.37 Å². The number of thiazole rings is 1. The number of hydrogen-bond donors (Lipinski definition) is 0. The average Bonchev–Trinajstić information content (AvgIpc) is 2.89. The van der Waals surface area contributed by atoms with Gasteiger partial charge in [0.1, 0.15) is 5.82 Å². The molecule has 19 heavy (non-hydrogen) atoms. The average molecular weight is 274 g/mol. The number of imidazole rings is 1. The summed E-state index contributed by atoms with van der Waals surface area (Å²) < 4.78 is 15.6. The predicted molar refractivity (Wildman–Crippen MR) is 72.2 cm³/mol. The third-order valence-corrected chi connectivity index (χ3v) is 3.68. The van der Waals surface area contributed by atoms with E-state index in [-0.39, 0.29) is 17.8 Å². The quantitative estimate of drug-likeness (QED) is 0.687. The first-order chi connectivity index (χ1) is 9.13. The second-order valence-corrected chi connectivity index (χ2v) is 5.28. The van der Waals surface area contributed by atoms with E-state index in [1.807, 2.05) is 16.0 Å². The van der Waals surface area contributed by atoms with E-state index >= 15 is 0 Å². The van der Waals surface area contributed by atoms with Crippen molar-refractivity contribution in [1.29, 1.82) is 0 Å². The van der Waals surface area contributed by atoms with Crippen LogP contribution >= 0.6 is 11.3 Å². The molecule has 0 atom stereocenters. The first-order valence-electron chi connectivity index (χ1n) is 5.84. The molecule has 2 heterocycles. The number of ketones is 1. The molecule has 0 bridgehead atoms. The predicted octanol–water partition coefficient (Wildman–Crippen LogP) is 3.27. The van der Waals surface area contributed by atoms with Crippen LogP contribution in [0, 0.1) is 12.7 Å². The maximum absolute atomic E-state index is 13.7. The van der Waals surface area contributed by atoms with Crippen LogP contribution in [0.1, 0.15) is 21.6 Å².